The van der Waals surface area contributed by atoms with E-state index in [9.17, 15) is 4.39 Å². The van der Waals surface area contributed by atoms with Crippen LogP contribution in [0.15, 0.2) is 35.7 Å². The van der Waals surface area contributed by atoms with Crippen LogP contribution in [0.1, 0.15) is 54.3 Å². The summed E-state index contributed by atoms with van der Waals surface area (Å²) in [7, 11) is 0. The molecule has 0 fully saturated rings. The zero-order valence-electron chi connectivity index (χ0n) is 11.7. The van der Waals surface area contributed by atoms with Crippen molar-refractivity contribution in [3.8, 4) is 0 Å². The summed E-state index contributed by atoms with van der Waals surface area (Å²) in [6.07, 6.45) is 4.60. The van der Waals surface area contributed by atoms with Crippen LogP contribution in [0.5, 0.6) is 0 Å². The van der Waals surface area contributed by atoms with Crippen LogP contribution in [0, 0.1) is 5.82 Å². The monoisotopic (exact) mass is 289 g/mol. The number of aryl methyl sites for hydroxylation is 1. The first kappa shape index (κ1) is 13.8. The summed E-state index contributed by atoms with van der Waals surface area (Å²) in [5, 5.41) is 5.92. The summed E-state index contributed by atoms with van der Waals surface area (Å²) in [5.74, 6) is -0.150. The zero-order chi connectivity index (χ0) is 13.9. The smallest absolute Gasteiger partial charge is 0.123 e. The predicted octanol–water partition coefficient (Wildman–Crippen LogP) is 5.01. The van der Waals surface area contributed by atoms with Crippen LogP contribution in [-0.2, 0) is 6.42 Å². The number of nitrogens with one attached hydrogen (secondary N) is 1. The predicted molar refractivity (Wildman–Crippen MR) is 82.6 cm³/mol. The first-order valence-corrected chi connectivity index (χ1v) is 8.23. The molecule has 0 spiro atoms. The third kappa shape index (κ3) is 2.79. The van der Waals surface area contributed by atoms with Gasteiger partial charge in [-0.1, -0.05) is 19.1 Å². The molecule has 1 nitrogen and oxygen atoms in total. The topological polar surface area (TPSA) is 12.0 Å². The summed E-state index contributed by atoms with van der Waals surface area (Å²) >= 11 is 1.86. The van der Waals surface area contributed by atoms with Crippen LogP contribution in [0.2, 0.25) is 0 Å². The van der Waals surface area contributed by atoms with Crippen molar-refractivity contribution >= 4 is 11.3 Å². The van der Waals surface area contributed by atoms with Gasteiger partial charge in [-0.3, -0.25) is 0 Å². The van der Waals surface area contributed by atoms with Crippen molar-refractivity contribution in [3.05, 3.63) is 57.5 Å². The van der Waals surface area contributed by atoms with Gasteiger partial charge in [0.05, 0.1) is 0 Å². The fraction of sp³-hybridized carbons (Fsp3) is 0.412. The Morgan fingerprint density at radius 1 is 1.40 bits per heavy atom. The van der Waals surface area contributed by atoms with E-state index in [1.165, 1.54) is 35.8 Å². The minimum absolute atomic E-state index is 0.150. The molecule has 1 heterocycles. The number of thiophene rings is 1. The van der Waals surface area contributed by atoms with Crippen molar-refractivity contribution in [3.63, 3.8) is 0 Å². The Balaban J connectivity index is 1.80. The van der Waals surface area contributed by atoms with E-state index in [4.69, 9.17) is 0 Å². The van der Waals surface area contributed by atoms with Gasteiger partial charge in [-0.05, 0) is 60.4 Å². The highest BCUT2D eigenvalue weighted by Crippen LogP contribution is 2.35. The maximum atomic E-state index is 13.4. The molecule has 1 aliphatic rings. The maximum Gasteiger partial charge on any atom is 0.123 e. The fourth-order valence-electron chi connectivity index (χ4n) is 3.08. The Bertz CT molecular complexity index is 578. The molecule has 3 heteroatoms. The van der Waals surface area contributed by atoms with Crippen molar-refractivity contribution in [2.75, 3.05) is 0 Å². The zero-order valence-corrected chi connectivity index (χ0v) is 12.5. The highest BCUT2D eigenvalue weighted by Gasteiger charge is 2.23. The normalized spacial score (nSPS) is 19.6. The Hall–Kier alpha value is -1.19. The molecule has 20 heavy (non-hydrogen) atoms. The fourth-order valence-corrected chi connectivity index (χ4v) is 4.06. The average molecular weight is 289 g/mol. The van der Waals surface area contributed by atoms with E-state index in [2.05, 4.69) is 23.7 Å². The molecule has 106 valence electrons. The Morgan fingerprint density at radius 2 is 2.30 bits per heavy atom. The Labute approximate surface area is 123 Å². The standard InChI is InChI=1S/C17H20FNS/c1-2-15(12-5-3-6-13(18)11-12)19-16-7-4-8-17-14(16)9-10-20-17/h3,5-6,9-11,15-16,19H,2,4,7-8H2,1H3. The number of hydrogen-bond donors (Lipinski definition) is 1. The average Bonchev–Trinajstić information content (AvgIpc) is 2.94. The van der Waals surface area contributed by atoms with Crippen LogP contribution >= 0.6 is 11.3 Å². The third-order valence-corrected chi connectivity index (χ3v) is 5.11. The van der Waals surface area contributed by atoms with E-state index in [0.717, 1.165) is 12.0 Å². The molecule has 0 radical (unpaired) electrons. The number of hydrogen-bond acceptors (Lipinski definition) is 2. The highest BCUT2D eigenvalue weighted by atomic mass is 32.1. The van der Waals surface area contributed by atoms with E-state index < -0.39 is 0 Å². The quantitative estimate of drug-likeness (QED) is 0.834. The van der Waals surface area contributed by atoms with Gasteiger partial charge in [-0.15, -0.1) is 11.3 Å². The number of benzene rings is 1. The molecule has 1 aromatic heterocycles. The second kappa shape index (κ2) is 6.06. The SMILES string of the molecule is CCC(NC1CCCc2sccc21)c1cccc(F)c1. The van der Waals surface area contributed by atoms with Crippen LogP contribution in [0.4, 0.5) is 4.39 Å². The number of rotatable bonds is 4. The molecule has 3 rings (SSSR count). The third-order valence-electron chi connectivity index (χ3n) is 4.11. The van der Waals surface area contributed by atoms with E-state index >= 15 is 0 Å². The van der Waals surface area contributed by atoms with Crippen molar-refractivity contribution in [2.24, 2.45) is 0 Å². The minimum atomic E-state index is -0.150. The van der Waals surface area contributed by atoms with E-state index in [-0.39, 0.29) is 11.9 Å². The van der Waals surface area contributed by atoms with Gasteiger partial charge < -0.3 is 5.32 Å². The molecule has 2 aromatic rings. The summed E-state index contributed by atoms with van der Waals surface area (Å²) in [4.78, 5) is 1.52. The molecule has 2 unspecified atom stereocenters. The van der Waals surface area contributed by atoms with Crippen molar-refractivity contribution in [1.29, 1.82) is 0 Å². The van der Waals surface area contributed by atoms with Gasteiger partial charge in [0.25, 0.3) is 0 Å². The summed E-state index contributed by atoms with van der Waals surface area (Å²) in [6.45, 7) is 2.15. The van der Waals surface area contributed by atoms with Gasteiger partial charge in [0.2, 0.25) is 0 Å². The lowest BCUT2D eigenvalue weighted by molar-refractivity contribution is 0.395. The molecule has 0 saturated heterocycles. The van der Waals surface area contributed by atoms with Crippen LogP contribution in [0.3, 0.4) is 0 Å². The molecular weight excluding hydrogens is 269 g/mol. The van der Waals surface area contributed by atoms with Gasteiger partial charge in [0.1, 0.15) is 5.82 Å². The van der Waals surface area contributed by atoms with Crippen molar-refractivity contribution in [1.82, 2.24) is 5.32 Å². The molecule has 0 saturated carbocycles. The summed E-state index contributed by atoms with van der Waals surface area (Å²) in [5.41, 5.74) is 2.51. The second-order valence-corrected chi connectivity index (χ2v) is 6.43. The maximum absolute atomic E-state index is 13.4. The van der Waals surface area contributed by atoms with Gasteiger partial charge in [0, 0.05) is 17.0 Å². The lowest BCUT2D eigenvalue weighted by atomic mass is 9.92. The first-order valence-electron chi connectivity index (χ1n) is 7.35. The van der Waals surface area contributed by atoms with Crippen LogP contribution < -0.4 is 5.32 Å². The second-order valence-electron chi connectivity index (χ2n) is 5.43. The lowest BCUT2D eigenvalue weighted by Gasteiger charge is -2.29. The molecule has 1 aliphatic carbocycles. The molecule has 1 N–H and O–H groups in total. The Kier molecular flexibility index (Phi) is 4.18. The van der Waals surface area contributed by atoms with Gasteiger partial charge in [-0.25, -0.2) is 4.39 Å². The minimum Gasteiger partial charge on any atom is -0.303 e. The van der Waals surface area contributed by atoms with Crippen LogP contribution in [0.25, 0.3) is 0 Å². The van der Waals surface area contributed by atoms with E-state index in [1.807, 2.05) is 17.4 Å². The van der Waals surface area contributed by atoms with Crippen LogP contribution in [-0.4, -0.2) is 0 Å². The molecule has 0 bridgehead atoms. The number of fused-ring (bicyclic) bond motifs is 1. The Morgan fingerprint density at radius 3 is 3.10 bits per heavy atom. The summed E-state index contributed by atoms with van der Waals surface area (Å²) in [6, 6.07) is 9.86. The lowest BCUT2D eigenvalue weighted by Crippen LogP contribution is -2.28. The first-order chi connectivity index (χ1) is 9.78. The number of halogens is 1. The highest BCUT2D eigenvalue weighted by molar-refractivity contribution is 7.10. The van der Waals surface area contributed by atoms with Crippen molar-refractivity contribution < 1.29 is 4.39 Å². The molecule has 2 atom stereocenters. The molecule has 1 aromatic carbocycles. The van der Waals surface area contributed by atoms with Gasteiger partial charge >= 0.3 is 0 Å². The van der Waals surface area contributed by atoms with Gasteiger partial charge in [-0.2, -0.15) is 0 Å². The largest absolute Gasteiger partial charge is 0.303 e. The molecule has 0 amide bonds. The van der Waals surface area contributed by atoms with Gasteiger partial charge in [0.15, 0.2) is 0 Å². The van der Waals surface area contributed by atoms with E-state index in [1.54, 1.807) is 12.1 Å². The molecular formula is C17H20FNS. The molecule has 0 aliphatic heterocycles. The van der Waals surface area contributed by atoms with E-state index in [0.29, 0.717) is 6.04 Å². The van der Waals surface area contributed by atoms with Crippen molar-refractivity contribution in [2.45, 2.75) is 44.7 Å². The summed E-state index contributed by atoms with van der Waals surface area (Å²) < 4.78 is 13.4.